The standard InChI is InChI=1S/C20H26N4O5/c1-5-6-13(2)21-18(25)12-29-20(26)17-9-7-16(8-10-17)11-23-15(4)19(24(27)28)14(3)22-23/h7-10,13H,5-6,11-12H2,1-4H3,(H,21,25)/t13-/m1/s1. The van der Waals surface area contributed by atoms with E-state index in [1.807, 2.05) is 13.8 Å². The lowest BCUT2D eigenvalue weighted by molar-refractivity contribution is -0.386. The minimum absolute atomic E-state index is 0.0109. The summed E-state index contributed by atoms with van der Waals surface area (Å²) in [5.74, 6) is -0.918. The highest BCUT2D eigenvalue weighted by Gasteiger charge is 2.21. The lowest BCUT2D eigenvalue weighted by Gasteiger charge is -2.12. The SMILES string of the molecule is CCC[C@@H](C)NC(=O)COC(=O)c1ccc(Cn2nc(C)c([N+](=O)[O-])c2C)cc1. The minimum Gasteiger partial charge on any atom is -0.452 e. The Hall–Kier alpha value is -3.23. The molecule has 2 rings (SSSR count). The monoisotopic (exact) mass is 402 g/mol. The van der Waals surface area contributed by atoms with Crippen LogP contribution in [0, 0.1) is 24.0 Å². The predicted octanol–water partition coefficient (Wildman–Crippen LogP) is 2.92. The lowest BCUT2D eigenvalue weighted by atomic mass is 10.1. The van der Waals surface area contributed by atoms with Gasteiger partial charge in [-0.1, -0.05) is 25.5 Å². The molecule has 0 spiro atoms. The smallest absolute Gasteiger partial charge is 0.338 e. The number of nitrogens with one attached hydrogen (secondary N) is 1. The fraction of sp³-hybridized carbons (Fsp3) is 0.450. The topological polar surface area (TPSA) is 116 Å². The van der Waals surface area contributed by atoms with Crippen LogP contribution < -0.4 is 5.32 Å². The van der Waals surface area contributed by atoms with E-state index in [1.54, 1.807) is 42.8 Å². The molecule has 0 fully saturated rings. The normalized spacial score (nSPS) is 11.7. The van der Waals surface area contributed by atoms with E-state index in [9.17, 15) is 19.7 Å². The molecule has 29 heavy (non-hydrogen) atoms. The number of benzene rings is 1. The van der Waals surface area contributed by atoms with Crippen LogP contribution in [0.2, 0.25) is 0 Å². The zero-order valence-corrected chi connectivity index (χ0v) is 17.1. The summed E-state index contributed by atoms with van der Waals surface area (Å²) in [6.45, 7) is 7.19. The Balaban J connectivity index is 1.95. The molecule has 1 aromatic heterocycles. The van der Waals surface area contributed by atoms with Crippen molar-refractivity contribution < 1.29 is 19.2 Å². The fourth-order valence-electron chi connectivity index (χ4n) is 3.06. The van der Waals surface area contributed by atoms with Gasteiger partial charge in [-0.25, -0.2) is 4.79 Å². The molecule has 9 nitrogen and oxygen atoms in total. The molecule has 0 unspecified atom stereocenters. The molecule has 0 aliphatic heterocycles. The average molecular weight is 402 g/mol. The van der Waals surface area contributed by atoms with E-state index in [1.165, 1.54) is 0 Å². The summed E-state index contributed by atoms with van der Waals surface area (Å²) in [6.07, 6.45) is 1.82. The molecule has 0 saturated heterocycles. The third-order valence-corrected chi connectivity index (χ3v) is 4.51. The van der Waals surface area contributed by atoms with Crippen molar-refractivity contribution >= 4 is 17.6 Å². The van der Waals surface area contributed by atoms with Gasteiger partial charge in [0.05, 0.1) is 17.0 Å². The molecule has 0 bridgehead atoms. The Bertz CT molecular complexity index is 889. The van der Waals surface area contributed by atoms with E-state index >= 15 is 0 Å². The van der Waals surface area contributed by atoms with Crippen LogP contribution in [0.25, 0.3) is 0 Å². The second-order valence-corrected chi connectivity index (χ2v) is 6.96. The Morgan fingerprint density at radius 1 is 1.28 bits per heavy atom. The average Bonchev–Trinajstić information content (AvgIpc) is 2.93. The van der Waals surface area contributed by atoms with E-state index in [0.29, 0.717) is 23.5 Å². The maximum absolute atomic E-state index is 12.1. The van der Waals surface area contributed by atoms with Gasteiger partial charge in [-0.2, -0.15) is 5.10 Å². The number of aromatic nitrogens is 2. The van der Waals surface area contributed by atoms with Gasteiger partial charge in [-0.05, 0) is 44.9 Å². The quantitative estimate of drug-likeness (QED) is 0.392. The first-order valence-electron chi connectivity index (χ1n) is 9.46. The van der Waals surface area contributed by atoms with Crippen LogP contribution in [0.1, 0.15) is 54.0 Å². The zero-order valence-electron chi connectivity index (χ0n) is 17.1. The highest BCUT2D eigenvalue weighted by Crippen LogP contribution is 2.22. The molecule has 1 amide bonds. The first kappa shape index (κ1) is 22.1. The van der Waals surface area contributed by atoms with Crippen molar-refractivity contribution in [3.05, 3.63) is 56.9 Å². The molecule has 0 radical (unpaired) electrons. The molecule has 1 aromatic carbocycles. The van der Waals surface area contributed by atoms with Crippen molar-refractivity contribution in [3.63, 3.8) is 0 Å². The number of ether oxygens (including phenoxy) is 1. The molecular weight excluding hydrogens is 376 g/mol. The Morgan fingerprint density at radius 3 is 2.48 bits per heavy atom. The molecule has 0 saturated carbocycles. The van der Waals surface area contributed by atoms with Gasteiger partial charge >= 0.3 is 11.7 Å². The van der Waals surface area contributed by atoms with Gasteiger partial charge in [-0.15, -0.1) is 0 Å². The van der Waals surface area contributed by atoms with Crippen molar-refractivity contribution in [3.8, 4) is 0 Å². The first-order chi connectivity index (χ1) is 13.7. The predicted molar refractivity (Wildman–Crippen MR) is 107 cm³/mol. The molecule has 1 atom stereocenters. The summed E-state index contributed by atoms with van der Waals surface area (Å²) in [7, 11) is 0. The van der Waals surface area contributed by atoms with Gasteiger partial charge in [0.25, 0.3) is 5.91 Å². The van der Waals surface area contributed by atoms with Gasteiger partial charge in [0.2, 0.25) is 0 Å². The summed E-state index contributed by atoms with van der Waals surface area (Å²) in [5.41, 5.74) is 1.99. The second kappa shape index (κ2) is 9.81. The Kier molecular flexibility index (Phi) is 7.46. The number of rotatable bonds is 9. The number of esters is 1. The van der Waals surface area contributed by atoms with E-state index in [-0.39, 0.29) is 24.2 Å². The van der Waals surface area contributed by atoms with Crippen LogP contribution in [-0.4, -0.2) is 39.2 Å². The molecule has 1 heterocycles. The van der Waals surface area contributed by atoms with Crippen molar-refractivity contribution in [2.75, 3.05) is 6.61 Å². The van der Waals surface area contributed by atoms with E-state index in [2.05, 4.69) is 10.4 Å². The molecule has 0 aliphatic rings. The molecule has 0 aliphatic carbocycles. The molecular formula is C20H26N4O5. The minimum atomic E-state index is -0.586. The molecule has 156 valence electrons. The van der Waals surface area contributed by atoms with E-state index in [4.69, 9.17) is 4.74 Å². The Morgan fingerprint density at radius 2 is 1.93 bits per heavy atom. The van der Waals surface area contributed by atoms with Crippen molar-refractivity contribution in [2.45, 2.75) is 53.1 Å². The first-order valence-corrected chi connectivity index (χ1v) is 9.46. The fourth-order valence-corrected chi connectivity index (χ4v) is 3.06. The number of hydrogen-bond acceptors (Lipinski definition) is 6. The van der Waals surface area contributed by atoms with Crippen LogP contribution in [-0.2, 0) is 16.1 Å². The zero-order chi connectivity index (χ0) is 21.6. The van der Waals surface area contributed by atoms with Crippen LogP contribution in [0.15, 0.2) is 24.3 Å². The number of amides is 1. The molecule has 1 N–H and O–H groups in total. The van der Waals surface area contributed by atoms with Crippen LogP contribution in [0.4, 0.5) is 5.69 Å². The van der Waals surface area contributed by atoms with Gasteiger partial charge < -0.3 is 10.1 Å². The highest BCUT2D eigenvalue weighted by molar-refractivity contribution is 5.91. The number of aryl methyl sites for hydroxylation is 1. The van der Waals surface area contributed by atoms with Crippen molar-refractivity contribution in [1.29, 1.82) is 0 Å². The lowest BCUT2D eigenvalue weighted by Crippen LogP contribution is -2.35. The second-order valence-electron chi connectivity index (χ2n) is 6.96. The number of nitro groups is 1. The van der Waals surface area contributed by atoms with Crippen molar-refractivity contribution in [2.24, 2.45) is 0 Å². The number of carbonyl (C=O) groups excluding carboxylic acids is 2. The van der Waals surface area contributed by atoms with Gasteiger partial charge in [0.15, 0.2) is 6.61 Å². The van der Waals surface area contributed by atoms with Crippen molar-refractivity contribution in [1.82, 2.24) is 15.1 Å². The summed E-state index contributed by atoms with van der Waals surface area (Å²) < 4.78 is 6.61. The van der Waals surface area contributed by atoms with Gasteiger partial charge in [-0.3, -0.25) is 19.6 Å². The summed E-state index contributed by atoms with van der Waals surface area (Å²) in [4.78, 5) is 34.6. The van der Waals surface area contributed by atoms with Crippen LogP contribution >= 0.6 is 0 Å². The Labute approximate surface area is 169 Å². The highest BCUT2D eigenvalue weighted by atomic mass is 16.6. The van der Waals surface area contributed by atoms with E-state index in [0.717, 1.165) is 18.4 Å². The van der Waals surface area contributed by atoms with Crippen LogP contribution in [0.3, 0.4) is 0 Å². The van der Waals surface area contributed by atoms with E-state index < -0.39 is 10.9 Å². The summed E-state index contributed by atoms with van der Waals surface area (Å²) in [5, 5.41) is 18.1. The molecule has 2 aromatic rings. The van der Waals surface area contributed by atoms with Crippen LogP contribution in [0.5, 0.6) is 0 Å². The summed E-state index contributed by atoms with van der Waals surface area (Å²) in [6, 6.07) is 6.67. The third-order valence-electron chi connectivity index (χ3n) is 4.51. The number of nitrogens with zero attached hydrogens (tertiary/aromatic N) is 3. The maximum atomic E-state index is 12.1. The number of carbonyl (C=O) groups is 2. The number of hydrogen-bond donors (Lipinski definition) is 1. The van der Waals surface area contributed by atoms with Gasteiger partial charge in [0.1, 0.15) is 11.4 Å². The largest absolute Gasteiger partial charge is 0.452 e. The maximum Gasteiger partial charge on any atom is 0.338 e. The molecule has 9 heteroatoms. The summed E-state index contributed by atoms with van der Waals surface area (Å²) >= 11 is 0. The third kappa shape index (κ3) is 5.87. The van der Waals surface area contributed by atoms with Gasteiger partial charge in [0, 0.05) is 6.04 Å².